The van der Waals surface area contributed by atoms with E-state index in [0.29, 0.717) is 39.4 Å². The lowest BCUT2D eigenvalue weighted by molar-refractivity contribution is 0.0699. The normalized spacial score (nSPS) is 22.1. The zero-order chi connectivity index (χ0) is 13.3. The zero-order valence-electron chi connectivity index (χ0n) is 10.8. The molecule has 0 radical (unpaired) electrons. The molecule has 3 rings (SSSR count). The summed E-state index contributed by atoms with van der Waals surface area (Å²) in [4.78, 5) is 0. The second-order valence-electron chi connectivity index (χ2n) is 4.87. The molecule has 0 amide bonds. The fourth-order valence-corrected chi connectivity index (χ4v) is 4.17. The van der Waals surface area contributed by atoms with Crippen LogP contribution in [0.15, 0.2) is 24.3 Å². The highest BCUT2D eigenvalue weighted by Crippen LogP contribution is 2.22. The third-order valence-corrected chi connectivity index (χ3v) is 5.70. The molecule has 1 fully saturated rings. The van der Waals surface area contributed by atoms with Gasteiger partial charge >= 0.3 is 0 Å². The van der Waals surface area contributed by atoms with E-state index in [1.165, 1.54) is 9.87 Å². The number of rotatable bonds is 2. The lowest BCUT2D eigenvalue weighted by atomic mass is 10.0. The van der Waals surface area contributed by atoms with Gasteiger partial charge in [-0.1, -0.05) is 24.3 Å². The molecule has 19 heavy (non-hydrogen) atoms. The standard InChI is InChI=1S/C13H18N2O3S/c16-19(17,14-7-9-18-10-8-14)15-6-5-12-3-1-2-4-13(12)11-15/h1-4H,5-11H2. The van der Waals surface area contributed by atoms with Crippen LogP contribution in [-0.4, -0.2) is 49.9 Å². The molecular weight excluding hydrogens is 264 g/mol. The van der Waals surface area contributed by atoms with Crippen LogP contribution in [0, 0.1) is 0 Å². The Bertz CT molecular complexity index is 553. The van der Waals surface area contributed by atoms with Crippen molar-refractivity contribution in [3.8, 4) is 0 Å². The summed E-state index contributed by atoms with van der Waals surface area (Å²) in [5.41, 5.74) is 2.38. The lowest BCUT2D eigenvalue weighted by Gasteiger charge is -2.34. The quantitative estimate of drug-likeness (QED) is 0.799. The van der Waals surface area contributed by atoms with E-state index in [0.717, 1.165) is 12.0 Å². The van der Waals surface area contributed by atoms with Crippen molar-refractivity contribution < 1.29 is 13.2 Å². The molecule has 1 aromatic rings. The smallest absolute Gasteiger partial charge is 0.282 e. The maximum Gasteiger partial charge on any atom is 0.282 e. The number of ether oxygens (including phenoxy) is 1. The molecule has 0 spiro atoms. The number of hydrogen-bond acceptors (Lipinski definition) is 3. The van der Waals surface area contributed by atoms with Gasteiger partial charge in [-0.2, -0.15) is 17.0 Å². The van der Waals surface area contributed by atoms with Crippen molar-refractivity contribution in [2.24, 2.45) is 0 Å². The molecule has 5 nitrogen and oxygen atoms in total. The number of hydrogen-bond donors (Lipinski definition) is 0. The van der Waals surface area contributed by atoms with Crippen LogP contribution in [-0.2, 0) is 27.9 Å². The van der Waals surface area contributed by atoms with Crippen molar-refractivity contribution in [1.29, 1.82) is 0 Å². The molecule has 0 saturated carbocycles. The van der Waals surface area contributed by atoms with Gasteiger partial charge in [0, 0.05) is 26.2 Å². The fraction of sp³-hybridized carbons (Fsp3) is 0.538. The SMILES string of the molecule is O=S(=O)(N1CCOCC1)N1CCc2ccccc2C1. The monoisotopic (exact) mass is 282 g/mol. The second-order valence-corrected chi connectivity index (χ2v) is 6.80. The topological polar surface area (TPSA) is 49.9 Å². The molecule has 104 valence electrons. The molecule has 6 heteroatoms. The number of fused-ring (bicyclic) bond motifs is 1. The van der Waals surface area contributed by atoms with E-state index in [1.54, 1.807) is 4.31 Å². The van der Waals surface area contributed by atoms with Gasteiger partial charge in [-0.3, -0.25) is 0 Å². The van der Waals surface area contributed by atoms with Gasteiger partial charge in [-0.15, -0.1) is 0 Å². The molecule has 0 aliphatic carbocycles. The summed E-state index contributed by atoms with van der Waals surface area (Å²) in [5.74, 6) is 0. The summed E-state index contributed by atoms with van der Waals surface area (Å²) in [6.45, 7) is 2.95. The van der Waals surface area contributed by atoms with Crippen LogP contribution in [0.4, 0.5) is 0 Å². The van der Waals surface area contributed by atoms with E-state index in [-0.39, 0.29) is 0 Å². The first kappa shape index (κ1) is 13.1. The summed E-state index contributed by atoms with van der Waals surface area (Å²) in [7, 11) is -3.34. The number of nitrogens with zero attached hydrogens (tertiary/aromatic N) is 2. The van der Waals surface area contributed by atoms with Gasteiger partial charge in [0.25, 0.3) is 10.2 Å². The van der Waals surface area contributed by atoms with Crippen molar-refractivity contribution >= 4 is 10.2 Å². The van der Waals surface area contributed by atoms with Crippen molar-refractivity contribution in [2.75, 3.05) is 32.8 Å². The van der Waals surface area contributed by atoms with Crippen LogP contribution in [0.25, 0.3) is 0 Å². The Balaban J connectivity index is 1.80. The largest absolute Gasteiger partial charge is 0.379 e. The Kier molecular flexibility index (Phi) is 3.58. The molecular formula is C13H18N2O3S. The maximum atomic E-state index is 12.5. The van der Waals surface area contributed by atoms with Crippen molar-refractivity contribution in [2.45, 2.75) is 13.0 Å². The van der Waals surface area contributed by atoms with Crippen molar-refractivity contribution in [1.82, 2.24) is 8.61 Å². The van der Waals surface area contributed by atoms with Gasteiger partial charge in [-0.05, 0) is 17.5 Å². The van der Waals surface area contributed by atoms with Crippen LogP contribution >= 0.6 is 0 Å². The Morgan fingerprint density at radius 2 is 1.63 bits per heavy atom. The van der Waals surface area contributed by atoms with E-state index in [4.69, 9.17) is 4.74 Å². The summed E-state index contributed by atoms with van der Waals surface area (Å²) in [6, 6.07) is 8.05. The highest BCUT2D eigenvalue weighted by atomic mass is 32.2. The average Bonchev–Trinajstić information content (AvgIpc) is 2.47. The molecule has 2 aliphatic heterocycles. The van der Waals surface area contributed by atoms with E-state index in [2.05, 4.69) is 6.07 Å². The first-order valence-electron chi connectivity index (χ1n) is 6.58. The minimum Gasteiger partial charge on any atom is -0.379 e. The number of morpholine rings is 1. The first-order valence-corrected chi connectivity index (χ1v) is 7.97. The Morgan fingerprint density at radius 1 is 0.947 bits per heavy atom. The molecule has 1 saturated heterocycles. The predicted octanol–water partition coefficient (Wildman–Crippen LogP) is 0.622. The van der Waals surface area contributed by atoms with Crippen LogP contribution in [0.2, 0.25) is 0 Å². The molecule has 0 unspecified atom stereocenters. The summed E-state index contributed by atoms with van der Waals surface area (Å²) >= 11 is 0. The van der Waals surface area contributed by atoms with Gasteiger partial charge < -0.3 is 4.74 Å². The van der Waals surface area contributed by atoms with Crippen molar-refractivity contribution in [3.05, 3.63) is 35.4 Å². The molecule has 0 aromatic heterocycles. The first-order chi connectivity index (χ1) is 9.18. The van der Waals surface area contributed by atoms with Gasteiger partial charge in [0.1, 0.15) is 0 Å². The van der Waals surface area contributed by atoms with E-state index in [9.17, 15) is 8.42 Å². The van der Waals surface area contributed by atoms with Crippen LogP contribution < -0.4 is 0 Å². The second kappa shape index (κ2) is 5.20. The van der Waals surface area contributed by atoms with Crippen molar-refractivity contribution in [3.63, 3.8) is 0 Å². The van der Waals surface area contributed by atoms with E-state index < -0.39 is 10.2 Å². The van der Waals surface area contributed by atoms with Crippen LogP contribution in [0.5, 0.6) is 0 Å². The Labute approximate surface area is 114 Å². The summed E-state index contributed by atoms with van der Waals surface area (Å²) in [6.07, 6.45) is 0.791. The van der Waals surface area contributed by atoms with Gasteiger partial charge in [0.05, 0.1) is 13.2 Å². The van der Waals surface area contributed by atoms with Crippen LogP contribution in [0.1, 0.15) is 11.1 Å². The zero-order valence-corrected chi connectivity index (χ0v) is 11.6. The third kappa shape index (κ3) is 2.53. The summed E-state index contributed by atoms with van der Waals surface area (Å²) < 4.78 is 33.4. The molecule has 0 atom stereocenters. The predicted molar refractivity (Wildman–Crippen MR) is 71.9 cm³/mol. The highest BCUT2D eigenvalue weighted by molar-refractivity contribution is 7.86. The number of benzene rings is 1. The molecule has 2 heterocycles. The fourth-order valence-electron chi connectivity index (χ4n) is 2.61. The minimum absolute atomic E-state index is 0.459. The molecule has 0 bridgehead atoms. The van der Waals surface area contributed by atoms with Gasteiger partial charge in [-0.25, -0.2) is 0 Å². The molecule has 0 N–H and O–H groups in total. The lowest BCUT2D eigenvalue weighted by Crippen LogP contribution is -2.49. The Morgan fingerprint density at radius 3 is 2.37 bits per heavy atom. The highest BCUT2D eigenvalue weighted by Gasteiger charge is 2.32. The van der Waals surface area contributed by atoms with E-state index >= 15 is 0 Å². The van der Waals surface area contributed by atoms with E-state index in [1.807, 2.05) is 18.2 Å². The average molecular weight is 282 g/mol. The maximum absolute atomic E-state index is 12.5. The van der Waals surface area contributed by atoms with Crippen LogP contribution in [0.3, 0.4) is 0 Å². The molecule has 1 aromatic carbocycles. The minimum atomic E-state index is -3.34. The van der Waals surface area contributed by atoms with Gasteiger partial charge in [0.2, 0.25) is 0 Å². The molecule has 2 aliphatic rings. The summed E-state index contributed by atoms with van der Waals surface area (Å²) in [5, 5.41) is 0. The Hall–Kier alpha value is -0.950. The van der Waals surface area contributed by atoms with Gasteiger partial charge in [0.15, 0.2) is 0 Å². The third-order valence-electron chi connectivity index (χ3n) is 3.72.